The molecule has 2 aromatic carbocycles. The fourth-order valence-corrected chi connectivity index (χ4v) is 5.16. The summed E-state index contributed by atoms with van der Waals surface area (Å²) in [5.74, 6) is -0.0245. The van der Waals surface area contributed by atoms with Gasteiger partial charge in [-0.25, -0.2) is 12.8 Å². The molecule has 6 nitrogen and oxygen atoms in total. The van der Waals surface area contributed by atoms with E-state index >= 15 is 0 Å². The van der Waals surface area contributed by atoms with E-state index in [1.54, 1.807) is 24.3 Å². The van der Waals surface area contributed by atoms with Crippen LogP contribution in [0.3, 0.4) is 0 Å². The van der Waals surface area contributed by atoms with Gasteiger partial charge in [-0.3, -0.25) is 4.79 Å². The number of nitrogens with zero attached hydrogens (tertiary/aromatic N) is 1. The summed E-state index contributed by atoms with van der Waals surface area (Å²) in [6, 6.07) is 11.4. The van der Waals surface area contributed by atoms with Crippen molar-refractivity contribution in [1.29, 1.82) is 0 Å². The minimum absolute atomic E-state index is 0.0396. The Hall–Kier alpha value is -2.45. The van der Waals surface area contributed by atoms with Crippen LogP contribution in [0.5, 0.6) is 5.75 Å². The number of halogens is 1. The second-order valence-corrected chi connectivity index (χ2v) is 8.82. The Labute approximate surface area is 170 Å². The SMILES string of the molecule is CCOc1ccc(NC(=O)CC2CCCCN2S(=O)(=O)c2ccc(F)cc2)cc1. The van der Waals surface area contributed by atoms with Crippen molar-refractivity contribution in [3.05, 3.63) is 54.3 Å². The van der Waals surface area contributed by atoms with E-state index < -0.39 is 21.9 Å². The summed E-state index contributed by atoms with van der Waals surface area (Å²) in [4.78, 5) is 12.6. The lowest BCUT2D eigenvalue weighted by molar-refractivity contribution is -0.117. The second kappa shape index (κ2) is 9.37. The van der Waals surface area contributed by atoms with Crippen molar-refractivity contribution in [1.82, 2.24) is 4.31 Å². The lowest BCUT2D eigenvalue weighted by Crippen LogP contribution is -2.45. The van der Waals surface area contributed by atoms with Gasteiger partial charge in [0.2, 0.25) is 15.9 Å². The molecule has 0 spiro atoms. The molecule has 1 unspecified atom stereocenters. The van der Waals surface area contributed by atoms with Crippen LogP contribution in [0.4, 0.5) is 10.1 Å². The first kappa shape index (κ1) is 21.3. The van der Waals surface area contributed by atoms with Gasteiger partial charge in [0.05, 0.1) is 11.5 Å². The zero-order chi connectivity index (χ0) is 20.9. The van der Waals surface area contributed by atoms with E-state index in [4.69, 9.17) is 4.74 Å². The number of carbonyl (C=O) groups excluding carboxylic acids is 1. The van der Waals surface area contributed by atoms with Gasteiger partial charge >= 0.3 is 0 Å². The summed E-state index contributed by atoms with van der Waals surface area (Å²) in [7, 11) is -3.79. The van der Waals surface area contributed by atoms with E-state index in [0.717, 1.165) is 25.0 Å². The number of piperidine rings is 1. The maximum absolute atomic E-state index is 13.2. The first-order valence-electron chi connectivity index (χ1n) is 9.70. The molecular weight excluding hydrogens is 395 g/mol. The van der Waals surface area contributed by atoms with Gasteiger partial charge in [-0.05, 0) is 68.3 Å². The minimum atomic E-state index is -3.79. The quantitative estimate of drug-likeness (QED) is 0.739. The van der Waals surface area contributed by atoms with E-state index in [0.29, 0.717) is 31.0 Å². The molecule has 156 valence electrons. The lowest BCUT2D eigenvalue weighted by atomic mass is 10.0. The maximum Gasteiger partial charge on any atom is 0.243 e. The summed E-state index contributed by atoms with van der Waals surface area (Å²) in [5.41, 5.74) is 0.627. The van der Waals surface area contributed by atoms with Crippen molar-refractivity contribution in [2.75, 3.05) is 18.5 Å². The topological polar surface area (TPSA) is 75.7 Å². The molecule has 29 heavy (non-hydrogen) atoms. The van der Waals surface area contributed by atoms with Crippen LogP contribution in [-0.2, 0) is 14.8 Å². The predicted octanol–water partition coefficient (Wildman–Crippen LogP) is 3.80. The van der Waals surface area contributed by atoms with Gasteiger partial charge < -0.3 is 10.1 Å². The van der Waals surface area contributed by atoms with Gasteiger partial charge in [0.1, 0.15) is 11.6 Å². The van der Waals surface area contributed by atoms with Crippen LogP contribution >= 0.6 is 0 Å². The summed E-state index contributed by atoms with van der Waals surface area (Å²) < 4.78 is 45.9. The van der Waals surface area contributed by atoms with Crippen molar-refractivity contribution in [2.24, 2.45) is 0 Å². The molecular formula is C21H25FN2O4S. The van der Waals surface area contributed by atoms with Crippen molar-refractivity contribution in [3.8, 4) is 5.75 Å². The van der Waals surface area contributed by atoms with Gasteiger partial charge in [-0.15, -0.1) is 0 Å². The first-order chi connectivity index (χ1) is 13.9. The zero-order valence-electron chi connectivity index (χ0n) is 16.3. The number of anilines is 1. The standard InChI is InChI=1S/C21H25FN2O4S/c1-2-28-19-10-8-17(9-11-19)23-21(25)15-18-5-3-4-14-24(18)29(26,27)20-12-6-16(22)7-13-20/h6-13,18H,2-5,14-15H2,1H3,(H,23,25). The third-order valence-corrected chi connectivity index (χ3v) is 6.83. The molecule has 1 fully saturated rings. The molecule has 1 N–H and O–H groups in total. The lowest BCUT2D eigenvalue weighted by Gasteiger charge is -2.34. The Morgan fingerprint density at radius 2 is 1.83 bits per heavy atom. The highest BCUT2D eigenvalue weighted by atomic mass is 32.2. The average molecular weight is 421 g/mol. The van der Waals surface area contributed by atoms with Crippen LogP contribution in [0.2, 0.25) is 0 Å². The minimum Gasteiger partial charge on any atom is -0.494 e. The molecule has 3 rings (SSSR count). The van der Waals surface area contributed by atoms with Gasteiger partial charge in [0.25, 0.3) is 0 Å². The molecule has 0 aromatic heterocycles. The second-order valence-electron chi connectivity index (χ2n) is 6.93. The van der Waals surface area contributed by atoms with Crippen molar-refractivity contribution in [2.45, 2.75) is 43.5 Å². The molecule has 1 saturated heterocycles. The highest BCUT2D eigenvalue weighted by Gasteiger charge is 2.34. The summed E-state index contributed by atoms with van der Waals surface area (Å²) in [6.45, 7) is 2.80. The molecule has 1 amide bonds. The number of hydrogen-bond acceptors (Lipinski definition) is 4. The Bertz CT molecular complexity index is 930. The van der Waals surface area contributed by atoms with Crippen molar-refractivity contribution < 1.29 is 22.3 Å². The number of benzene rings is 2. The molecule has 1 heterocycles. The average Bonchev–Trinajstić information content (AvgIpc) is 2.70. The summed E-state index contributed by atoms with van der Waals surface area (Å²) in [5, 5.41) is 2.81. The maximum atomic E-state index is 13.2. The van der Waals surface area contributed by atoms with Crippen LogP contribution in [-0.4, -0.2) is 37.8 Å². The number of carbonyl (C=O) groups is 1. The van der Waals surface area contributed by atoms with Crippen molar-refractivity contribution >= 4 is 21.6 Å². The highest BCUT2D eigenvalue weighted by Crippen LogP contribution is 2.27. The zero-order valence-corrected chi connectivity index (χ0v) is 17.1. The Kier molecular flexibility index (Phi) is 6.87. The third-order valence-electron chi connectivity index (χ3n) is 4.86. The molecule has 1 atom stereocenters. The fraction of sp³-hybridized carbons (Fsp3) is 0.381. The number of nitrogens with one attached hydrogen (secondary N) is 1. The number of sulfonamides is 1. The molecule has 1 aliphatic heterocycles. The van der Waals surface area contributed by atoms with Crippen LogP contribution in [0.1, 0.15) is 32.6 Å². The molecule has 8 heteroatoms. The van der Waals surface area contributed by atoms with E-state index in [9.17, 15) is 17.6 Å². The monoisotopic (exact) mass is 420 g/mol. The van der Waals surface area contributed by atoms with E-state index in [2.05, 4.69) is 5.32 Å². The summed E-state index contributed by atoms with van der Waals surface area (Å²) >= 11 is 0. The molecule has 0 bridgehead atoms. The fourth-order valence-electron chi connectivity index (χ4n) is 3.46. The van der Waals surface area contributed by atoms with Gasteiger partial charge in [0, 0.05) is 24.7 Å². The predicted molar refractivity (Wildman–Crippen MR) is 109 cm³/mol. The van der Waals surface area contributed by atoms with Gasteiger partial charge in [-0.2, -0.15) is 4.31 Å². The first-order valence-corrected chi connectivity index (χ1v) is 11.1. The van der Waals surface area contributed by atoms with Crippen LogP contribution < -0.4 is 10.1 Å². The van der Waals surface area contributed by atoms with E-state index in [1.807, 2.05) is 6.92 Å². The van der Waals surface area contributed by atoms with Crippen LogP contribution in [0, 0.1) is 5.82 Å². The number of rotatable bonds is 7. The molecule has 0 aliphatic carbocycles. The van der Waals surface area contributed by atoms with Gasteiger partial charge in [-0.1, -0.05) is 6.42 Å². The van der Waals surface area contributed by atoms with E-state index in [1.165, 1.54) is 16.4 Å². The molecule has 0 saturated carbocycles. The highest BCUT2D eigenvalue weighted by molar-refractivity contribution is 7.89. The largest absolute Gasteiger partial charge is 0.494 e. The normalized spacial score (nSPS) is 17.7. The van der Waals surface area contributed by atoms with Crippen molar-refractivity contribution in [3.63, 3.8) is 0 Å². The molecule has 2 aromatic rings. The van der Waals surface area contributed by atoms with Crippen LogP contribution in [0.25, 0.3) is 0 Å². The third kappa shape index (κ3) is 5.33. The smallest absolute Gasteiger partial charge is 0.243 e. The number of ether oxygens (including phenoxy) is 1. The summed E-state index contributed by atoms with van der Waals surface area (Å²) in [6.07, 6.45) is 2.26. The molecule has 0 radical (unpaired) electrons. The van der Waals surface area contributed by atoms with Crippen LogP contribution in [0.15, 0.2) is 53.4 Å². The molecule has 1 aliphatic rings. The Morgan fingerprint density at radius 1 is 1.14 bits per heavy atom. The number of hydrogen-bond donors (Lipinski definition) is 1. The van der Waals surface area contributed by atoms with E-state index in [-0.39, 0.29) is 17.2 Å². The Balaban J connectivity index is 1.69. The number of amides is 1. The van der Waals surface area contributed by atoms with Gasteiger partial charge in [0.15, 0.2) is 0 Å². The Morgan fingerprint density at radius 3 is 2.48 bits per heavy atom.